The van der Waals surface area contributed by atoms with Gasteiger partial charge in [0, 0.05) is 36.2 Å². The molecular weight excluding hydrogens is 420 g/mol. The molecule has 4 aromatic rings. The van der Waals surface area contributed by atoms with E-state index in [-0.39, 0.29) is 23.2 Å². The lowest BCUT2D eigenvalue weighted by Gasteiger charge is -2.29. The summed E-state index contributed by atoms with van der Waals surface area (Å²) in [5.41, 5.74) is 1.92. The van der Waals surface area contributed by atoms with E-state index in [1.807, 2.05) is 67.6 Å². The van der Waals surface area contributed by atoms with Crippen LogP contribution in [0.25, 0.3) is 11.4 Å². The van der Waals surface area contributed by atoms with E-state index in [0.29, 0.717) is 24.7 Å². The molecule has 1 aromatic heterocycles. The molecule has 0 aliphatic heterocycles. The summed E-state index contributed by atoms with van der Waals surface area (Å²) in [6.45, 7) is 2.22. The molecule has 1 heterocycles. The summed E-state index contributed by atoms with van der Waals surface area (Å²) < 4.78 is 5.40. The van der Waals surface area contributed by atoms with E-state index in [9.17, 15) is 14.9 Å². The number of aromatic nitrogens is 2. The molecule has 1 amide bonds. The highest BCUT2D eigenvalue weighted by Crippen LogP contribution is 2.24. The maximum absolute atomic E-state index is 13.4. The maximum atomic E-state index is 13.4. The molecule has 8 nitrogen and oxygen atoms in total. The van der Waals surface area contributed by atoms with Crippen molar-refractivity contribution in [1.29, 1.82) is 0 Å². The van der Waals surface area contributed by atoms with Crippen LogP contribution in [0.15, 0.2) is 89.5 Å². The molecule has 0 aliphatic rings. The number of nitro benzene ring substituents is 1. The van der Waals surface area contributed by atoms with Gasteiger partial charge in [0.15, 0.2) is 0 Å². The standard InChI is InChI=1S/C25H22N4O4/c1-18(19-9-4-2-5-10-19)28(25(30)21-13-8-14-22(17-21)29(31)32)16-15-23-26-24(27-33-23)20-11-6-3-7-12-20/h2-14,17-18H,15-16H2,1H3/t18-/m0/s1. The van der Waals surface area contributed by atoms with Gasteiger partial charge in [-0.1, -0.05) is 71.9 Å². The first-order valence-corrected chi connectivity index (χ1v) is 10.5. The van der Waals surface area contributed by atoms with Gasteiger partial charge in [-0.3, -0.25) is 14.9 Å². The van der Waals surface area contributed by atoms with Crippen molar-refractivity contribution in [1.82, 2.24) is 15.0 Å². The van der Waals surface area contributed by atoms with Crippen molar-refractivity contribution in [2.24, 2.45) is 0 Å². The molecule has 1 atom stereocenters. The van der Waals surface area contributed by atoms with Gasteiger partial charge in [-0.25, -0.2) is 0 Å². The number of rotatable bonds is 8. The topological polar surface area (TPSA) is 102 Å². The van der Waals surface area contributed by atoms with Gasteiger partial charge >= 0.3 is 0 Å². The number of benzene rings is 3. The Bertz CT molecular complexity index is 1240. The highest BCUT2D eigenvalue weighted by atomic mass is 16.6. The van der Waals surface area contributed by atoms with Gasteiger partial charge in [-0.15, -0.1) is 0 Å². The Hall–Kier alpha value is -4.33. The van der Waals surface area contributed by atoms with Crippen molar-refractivity contribution in [3.05, 3.63) is 112 Å². The highest BCUT2D eigenvalue weighted by molar-refractivity contribution is 5.95. The van der Waals surface area contributed by atoms with Gasteiger partial charge in [0.1, 0.15) is 0 Å². The second kappa shape index (κ2) is 9.86. The smallest absolute Gasteiger partial charge is 0.270 e. The number of nitrogens with zero attached hydrogens (tertiary/aromatic N) is 4. The quantitative estimate of drug-likeness (QED) is 0.278. The van der Waals surface area contributed by atoms with Gasteiger partial charge in [-0.05, 0) is 18.6 Å². The molecule has 0 radical (unpaired) electrons. The van der Waals surface area contributed by atoms with Crippen molar-refractivity contribution < 1.29 is 14.2 Å². The molecule has 166 valence electrons. The predicted molar refractivity (Wildman–Crippen MR) is 122 cm³/mol. The fourth-order valence-corrected chi connectivity index (χ4v) is 3.58. The van der Waals surface area contributed by atoms with Crippen molar-refractivity contribution in [2.75, 3.05) is 6.54 Å². The highest BCUT2D eigenvalue weighted by Gasteiger charge is 2.25. The average molecular weight is 442 g/mol. The third kappa shape index (κ3) is 5.12. The number of non-ortho nitro benzene ring substituents is 1. The SMILES string of the molecule is C[C@@H](c1ccccc1)N(CCc1nc(-c2ccccc2)no1)C(=O)c1cccc([N+](=O)[O-])c1. The molecule has 0 saturated carbocycles. The van der Waals surface area contributed by atoms with Crippen molar-refractivity contribution in [2.45, 2.75) is 19.4 Å². The third-order valence-corrected chi connectivity index (χ3v) is 5.38. The lowest BCUT2D eigenvalue weighted by atomic mass is 10.0. The van der Waals surface area contributed by atoms with Crippen LogP contribution in [0, 0.1) is 10.1 Å². The lowest BCUT2D eigenvalue weighted by molar-refractivity contribution is -0.384. The van der Waals surface area contributed by atoms with Crippen LogP contribution >= 0.6 is 0 Å². The zero-order valence-corrected chi connectivity index (χ0v) is 18.0. The van der Waals surface area contributed by atoms with Crippen molar-refractivity contribution in [3.8, 4) is 11.4 Å². The minimum atomic E-state index is -0.509. The molecule has 33 heavy (non-hydrogen) atoms. The summed E-state index contributed by atoms with van der Waals surface area (Å²) in [4.78, 5) is 30.2. The molecule has 4 rings (SSSR count). The fourth-order valence-electron chi connectivity index (χ4n) is 3.58. The van der Waals surface area contributed by atoms with E-state index in [0.717, 1.165) is 11.1 Å². The Morgan fingerprint density at radius 2 is 1.73 bits per heavy atom. The molecule has 3 aromatic carbocycles. The Balaban J connectivity index is 1.58. The lowest BCUT2D eigenvalue weighted by Crippen LogP contribution is -2.35. The van der Waals surface area contributed by atoms with Crippen molar-refractivity contribution >= 4 is 11.6 Å². The third-order valence-electron chi connectivity index (χ3n) is 5.38. The van der Waals surface area contributed by atoms with Crippen LogP contribution < -0.4 is 0 Å². The van der Waals surface area contributed by atoms with E-state index in [2.05, 4.69) is 10.1 Å². The first-order valence-electron chi connectivity index (χ1n) is 10.5. The van der Waals surface area contributed by atoms with Gasteiger partial charge in [0.05, 0.1) is 11.0 Å². The molecular formula is C25H22N4O4. The van der Waals surface area contributed by atoms with Crippen LogP contribution in [-0.4, -0.2) is 32.4 Å². The monoisotopic (exact) mass is 442 g/mol. The number of amides is 1. The van der Waals surface area contributed by atoms with E-state index < -0.39 is 4.92 Å². The van der Waals surface area contributed by atoms with E-state index >= 15 is 0 Å². The Labute approximate surface area is 190 Å². The zero-order valence-electron chi connectivity index (χ0n) is 18.0. The second-order valence-electron chi connectivity index (χ2n) is 7.52. The fraction of sp³-hybridized carbons (Fsp3) is 0.160. The Kier molecular flexibility index (Phi) is 6.54. The van der Waals surface area contributed by atoms with E-state index in [4.69, 9.17) is 4.52 Å². The first-order chi connectivity index (χ1) is 16.0. The van der Waals surface area contributed by atoms with Gasteiger partial charge in [-0.2, -0.15) is 4.98 Å². The summed E-state index contributed by atoms with van der Waals surface area (Å²) in [7, 11) is 0. The largest absolute Gasteiger partial charge is 0.339 e. The molecule has 0 bridgehead atoms. The minimum Gasteiger partial charge on any atom is -0.339 e. The number of hydrogen-bond donors (Lipinski definition) is 0. The van der Waals surface area contributed by atoms with Gasteiger partial charge in [0.25, 0.3) is 11.6 Å². The van der Waals surface area contributed by atoms with Crippen LogP contribution in [0.5, 0.6) is 0 Å². The Morgan fingerprint density at radius 3 is 2.42 bits per heavy atom. The Morgan fingerprint density at radius 1 is 1.03 bits per heavy atom. The zero-order chi connectivity index (χ0) is 23.2. The number of carbonyl (C=O) groups excluding carboxylic acids is 1. The van der Waals surface area contributed by atoms with Gasteiger partial charge < -0.3 is 9.42 Å². The summed E-state index contributed by atoms with van der Waals surface area (Å²) in [6.07, 6.45) is 0.345. The molecule has 0 spiro atoms. The first kappa shape index (κ1) is 21.9. The second-order valence-corrected chi connectivity index (χ2v) is 7.52. The summed E-state index contributed by atoms with van der Waals surface area (Å²) in [6, 6.07) is 24.6. The molecule has 0 aliphatic carbocycles. The molecule has 0 fully saturated rings. The summed E-state index contributed by atoms with van der Waals surface area (Å²) >= 11 is 0. The van der Waals surface area contributed by atoms with Crippen molar-refractivity contribution in [3.63, 3.8) is 0 Å². The molecule has 0 unspecified atom stereocenters. The maximum Gasteiger partial charge on any atom is 0.270 e. The normalized spacial score (nSPS) is 11.7. The number of hydrogen-bond acceptors (Lipinski definition) is 6. The van der Waals surface area contributed by atoms with Crippen LogP contribution in [-0.2, 0) is 6.42 Å². The van der Waals surface area contributed by atoms with Crippen LogP contribution in [0.4, 0.5) is 5.69 Å². The minimum absolute atomic E-state index is 0.127. The number of carbonyl (C=O) groups is 1. The predicted octanol–water partition coefficient (Wildman–Crippen LogP) is 5.09. The van der Waals surface area contributed by atoms with Crippen LogP contribution in [0.1, 0.15) is 34.8 Å². The average Bonchev–Trinajstić information content (AvgIpc) is 3.34. The molecule has 0 saturated heterocycles. The van der Waals surface area contributed by atoms with Gasteiger partial charge in [0.2, 0.25) is 11.7 Å². The number of nitro groups is 1. The van der Waals surface area contributed by atoms with E-state index in [1.54, 1.807) is 11.0 Å². The van der Waals surface area contributed by atoms with Crippen LogP contribution in [0.2, 0.25) is 0 Å². The van der Waals surface area contributed by atoms with Crippen LogP contribution in [0.3, 0.4) is 0 Å². The summed E-state index contributed by atoms with van der Waals surface area (Å²) in [5.74, 6) is 0.585. The van der Waals surface area contributed by atoms with E-state index in [1.165, 1.54) is 18.2 Å². The molecule has 8 heteroatoms. The molecule has 0 N–H and O–H groups in total. The summed E-state index contributed by atoms with van der Waals surface area (Å²) in [5, 5.41) is 15.2.